The van der Waals surface area contributed by atoms with E-state index in [9.17, 15) is 8.42 Å². The highest BCUT2D eigenvalue weighted by molar-refractivity contribution is 7.89. The molecule has 1 aromatic rings. The van der Waals surface area contributed by atoms with Gasteiger partial charge in [0.15, 0.2) is 0 Å². The van der Waals surface area contributed by atoms with Gasteiger partial charge in [0.1, 0.15) is 0 Å². The van der Waals surface area contributed by atoms with Gasteiger partial charge in [-0.3, -0.25) is 0 Å². The Morgan fingerprint density at radius 1 is 1.31 bits per heavy atom. The Morgan fingerprint density at radius 3 is 2.69 bits per heavy atom. The highest BCUT2D eigenvalue weighted by atomic mass is 32.2. The number of rotatable bonds is 3. The second kappa shape index (κ2) is 4.18. The van der Waals surface area contributed by atoms with Crippen molar-refractivity contribution in [1.29, 1.82) is 0 Å². The second-order valence-corrected chi connectivity index (χ2v) is 5.89. The molecule has 88 valence electrons. The molecule has 4 heteroatoms. The van der Waals surface area contributed by atoms with Gasteiger partial charge in [0.2, 0.25) is 10.0 Å². The van der Waals surface area contributed by atoms with Crippen molar-refractivity contribution in [3.63, 3.8) is 0 Å². The molecule has 1 atom stereocenters. The van der Waals surface area contributed by atoms with Crippen molar-refractivity contribution in [2.45, 2.75) is 44.0 Å². The lowest BCUT2D eigenvalue weighted by Gasteiger charge is -2.06. The highest BCUT2D eigenvalue weighted by Crippen LogP contribution is 2.33. The quantitative estimate of drug-likeness (QED) is 0.880. The fraction of sp³-hybridized carbons (Fsp3) is 0.500. The van der Waals surface area contributed by atoms with E-state index >= 15 is 0 Å². The first-order valence-corrected chi connectivity index (χ1v) is 7.22. The van der Waals surface area contributed by atoms with E-state index in [-0.39, 0.29) is 6.04 Å². The number of sulfonamides is 1. The van der Waals surface area contributed by atoms with Crippen molar-refractivity contribution >= 4 is 10.0 Å². The Kier molecular flexibility index (Phi) is 3.04. The van der Waals surface area contributed by atoms with Gasteiger partial charge in [-0.25, -0.2) is 13.1 Å². The molecule has 0 bridgehead atoms. The zero-order chi connectivity index (χ0) is 11.8. The van der Waals surface area contributed by atoms with E-state index in [4.69, 9.17) is 0 Å². The predicted molar refractivity (Wildman–Crippen MR) is 63.8 cm³/mol. The fourth-order valence-electron chi connectivity index (χ4n) is 2.16. The number of benzene rings is 1. The van der Waals surface area contributed by atoms with Crippen molar-refractivity contribution in [3.8, 4) is 0 Å². The van der Waals surface area contributed by atoms with E-state index < -0.39 is 10.0 Å². The van der Waals surface area contributed by atoms with Gasteiger partial charge in [-0.2, -0.15) is 0 Å². The summed E-state index contributed by atoms with van der Waals surface area (Å²) in [7, 11) is -3.26. The number of aryl methyl sites for hydroxylation is 1. The van der Waals surface area contributed by atoms with Crippen LogP contribution < -0.4 is 4.72 Å². The Balaban J connectivity index is 2.50. The van der Waals surface area contributed by atoms with Gasteiger partial charge >= 0.3 is 0 Å². The van der Waals surface area contributed by atoms with Crippen LogP contribution in [0.25, 0.3) is 0 Å². The van der Waals surface area contributed by atoms with Gasteiger partial charge in [0.25, 0.3) is 0 Å². The van der Waals surface area contributed by atoms with Crippen molar-refractivity contribution in [2.75, 3.05) is 0 Å². The summed E-state index contributed by atoms with van der Waals surface area (Å²) in [4.78, 5) is 0.477. The van der Waals surface area contributed by atoms with Gasteiger partial charge in [-0.1, -0.05) is 32.4 Å². The third kappa shape index (κ3) is 1.87. The zero-order valence-electron chi connectivity index (χ0n) is 9.66. The number of hydrogen-bond donors (Lipinski definition) is 1. The molecule has 1 aliphatic rings. The normalized spacial score (nSPS) is 22.0. The minimum atomic E-state index is -3.26. The topological polar surface area (TPSA) is 46.2 Å². The van der Waals surface area contributed by atoms with E-state index in [2.05, 4.69) is 11.6 Å². The molecule has 0 fully saturated rings. The molecule has 0 saturated heterocycles. The maximum Gasteiger partial charge on any atom is 0.241 e. The molecule has 0 radical (unpaired) electrons. The summed E-state index contributed by atoms with van der Waals surface area (Å²) < 4.78 is 26.4. The molecule has 0 spiro atoms. The molecular weight excluding hydrogens is 222 g/mol. The number of fused-ring (bicyclic) bond motifs is 1. The summed E-state index contributed by atoms with van der Waals surface area (Å²) in [5.41, 5.74) is 2.02. The van der Waals surface area contributed by atoms with Crippen LogP contribution in [0.15, 0.2) is 23.1 Å². The van der Waals surface area contributed by atoms with Crippen molar-refractivity contribution in [3.05, 3.63) is 29.3 Å². The van der Waals surface area contributed by atoms with Gasteiger partial charge in [-0.05, 0) is 30.0 Å². The van der Waals surface area contributed by atoms with Crippen LogP contribution in [0.2, 0.25) is 0 Å². The average molecular weight is 239 g/mol. The number of hydrogen-bond acceptors (Lipinski definition) is 2. The van der Waals surface area contributed by atoms with E-state index in [1.54, 1.807) is 0 Å². The summed E-state index contributed by atoms with van der Waals surface area (Å²) in [6.07, 6.45) is 2.75. The Hall–Kier alpha value is -0.870. The van der Waals surface area contributed by atoms with E-state index in [0.717, 1.165) is 30.4 Å². The minimum absolute atomic E-state index is 0.0457. The van der Waals surface area contributed by atoms with Gasteiger partial charge in [0.05, 0.1) is 4.90 Å². The molecule has 1 N–H and O–H groups in total. The molecule has 2 rings (SSSR count). The second-order valence-electron chi connectivity index (χ2n) is 4.20. The third-order valence-corrected chi connectivity index (χ3v) is 4.51. The van der Waals surface area contributed by atoms with Crippen LogP contribution in [-0.4, -0.2) is 8.42 Å². The average Bonchev–Trinajstić information content (AvgIpc) is 2.51. The Bertz CT molecular complexity index is 494. The van der Waals surface area contributed by atoms with Crippen LogP contribution in [0.4, 0.5) is 0 Å². The maximum absolute atomic E-state index is 11.9. The first-order valence-electron chi connectivity index (χ1n) is 5.73. The molecule has 1 heterocycles. The van der Waals surface area contributed by atoms with E-state index in [1.807, 2.05) is 25.1 Å². The molecule has 0 aromatic heterocycles. The molecule has 1 aromatic carbocycles. The summed E-state index contributed by atoms with van der Waals surface area (Å²) in [6.45, 7) is 4.08. The summed E-state index contributed by atoms with van der Waals surface area (Å²) >= 11 is 0. The lowest BCUT2D eigenvalue weighted by Crippen LogP contribution is -2.18. The molecule has 1 unspecified atom stereocenters. The summed E-state index contributed by atoms with van der Waals surface area (Å²) in [5.74, 6) is 0. The van der Waals surface area contributed by atoms with Crippen molar-refractivity contribution in [2.24, 2.45) is 0 Å². The molecule has 0 saturated carbocycles. The molecule has 0 amide bonds. The smallest absolute Gasteiger partial charge is 0.207 e. The maximum atomic E-state index is 11.9. The summed E-state index contributed by atoms with van der Waals surface area (Å²) in [5, 5.41) is 0. The van der Waals surface area contributed by atoms with Crippen molar-refractivity contribution < 1.29 is 8.42 Å². The van der Waals surface area contributed by atoms with Crippen LogP contribution in [0, 0.1) is 0 Å². The van der Waals surface area contributed by atoms with Crippen molar-refractivity contribution in [1.82, 2.24) is 4.72 Å². The standard InChI is InChI=1S/C12H17NO2S/c1-3-5-9-6-7-10-11(4-2)13-16(14,15)12(10)8-9/h6-8,11,13H,3-5H2,1-2H3. The largest absolute Gasteiger partial charge is 0.241 e. The van der Waals surface area contributed by atoms with Crippen LogP contribution in [0.5, 0.6) is 0 Å². The molecular formula is C12H17NO2S. The monoisotopic (exact) mass is 239 g/mol. The first-order chi connectivity index (χ1) is 7.58. The highest BCUT2D eigenvalue weighted by Gasteiger charge is 2.32. The van der Waals surface area contributed by atoms with E-state index in [0.29, 0.717) is 4.90 Å². The molecule has 3 nitrogen and oxygen atoms in total. The zero-order valence-corrected chi connectivity index (χ0v) is 10.5. The van der Waals surface area contributed by atoms with Crippen LogP contribution >= 0.6 is 0 Å². The van der Waals surface area contributed by atoms with Crippen LogP contribution in [0.3, 0.4) is 0 Å². The van der Waals surface area contributed by atoms with E-state index in [1.165, 1.54) is 0 Å². The summed E-state index contributed by atoms with van der Waals surface area (Å²) in [6, 6.07) is 5.76. The Labute approximate surface area is 96.9 Å². The van der Waals surface area contributed by atoms with Crippen LogP contribution in [0.1, 0.15) is 43.9 Å². The van der Waals surface area contributed by atoms with Gasteiger partial charge in [-0.15, -0.1) is 0 Å². The third-order valence-electron chi connectivity index (χ3n) is 2.99. The molecule has 1 aliphatic heterocycles. The predicted octanol–water partition coefficient (Wildman–Crippen LogP) is 2.38. The van der Waals surface area contributed by atoms with Gasteiger partial charge < -0.3 is 0 Å². The van der Waals surface area contributed by atoms with Crippen LogP contribution in [-0.2, 0) is 16.4 Å². The van der Waals surface area contributed by atoms with Gasteiger partial charge in [0, 0.05) is 6.04 Å². The number of nitrogens with one attached hydrogen (secondary N) is 1. The fourth-order valence-corrected chi connectivity index (χ4v) is 3.78. The SMILES string of the molecule is CCCc1ccc2c(c1)S(=O)(=O)NC2CC. The Morgan fingerprint density at radius 2 is 2.06 bits per heavy atom. The minimum Gasteiger partial charge on any atom is -0.207 e. The first kappa shape index (κ1) is 11.6. The molecule has 0 aliphatic carbocycles. The lowest BCUT2D eigenvalue weighted by molar-refractivity contribution is 0.571. The molecule has 16 heavy (non-hydrogen) atoms. The lowest BCUT2D eigenvalue weighted by atomic mass is 10.0.